The minimum Gasteiger partial charge on any atom is -0.454 e. The third-order valence-corrected chi connectivity index (χ3v) is 5.26. The fourth-order valence-electron chi connectivity index (χ4n) is 3.72. The molecular weight excluding hydrogens is 369 g/mol. The van der Waals surface area contributed by atoms with E-state index in [1.165, 1.54) is 18.2 Å². The van der Waals surface area contributed by atoms with Crippen molar-refractivity contribution in [1.82, 2.24) is 10.2 Å². The normalized spacial score (nSPS) is 24.2. The molecule has 1 aliphatic carbocycles. The van der Waals surface area contributed by atoms with E-state index in [4.69, 9.17) is 4.74 Å². The Balaban J connectivity index is 1.52. The topological polar surface area (TPSA) is 105 Å². The molecule has 1 saturated carbocycles. The number of halogens is 1. The molecule has 28 heavy (non-hydrogen) atoms. The maximum absolute atomic E-state index is 13.1. The number of carbonyl (C=O) groups is 4. The number of hydrogen-bond acceptors (Lipinski definition) is 5. The molecule has 3 rings (SSSR count). The van der Waals surface area contributed by atoms with Crippen LogP contribution in [0.1, 0.15) is 32.6 Å². The first-order valence-corrected chi connectivity index (χ1v) is 9.17. The largest absolute Gasteiger partial charge is 0.454 e. The predicted octanol–water partition coefficient (Wildman–Crippen LogP) is 1.81. The van der Waals surface area contributed by atoms with Gasteiger partial charge < -0.3 is 15.4 Å². The van der Waals surface area contributed by atoms with Gasteiger partial charge in [0.25, 0.3) is 11.8 Å². The Bertz CT molecular complexity index is 815. The molecule has 1 aromatic rings. The van der Waals surface area contributed by atoms with Gasteiger partial charge in [0, 0.05) is 5.69 Å². The highest BCUT2D eigenvalue weighted by Crippen LogP contribution is 2.38. The summed E-state index contributed by atoms with van der Waals surface area (Å²) in [5.41, 5.74) is -0.729. The molecule has 0 radical (unpaired) electrons. The van der Waals surface area contributed by atoms with Crippen LogP contribution in [-0.4, -0.2) is 47.4 Å². The minimum absolute atomic E-state index is 0.0178. The Morgan fingerprint density at radius 1 is 1.36 bits per heavy atom. The Kier molecular flexibility index (Phi) is 5.62. The number of ether oxygens (including phenoxy) is 1. The van der Waals surface area contributed by atoms with E-state index in [-0.39, 0.29) is 11.6 Å². The van der Waals surface area contributed by atoms with Crippen LogP contribution in [0.2, 0.25) is 0 Å². The van der Waals surface area contributed by atoms with Crippen molar-refractivity contribution in [2.24, 2.45) is 5.92 Å². The van der Waals surface area contributed by atoms with Gasteiger partial charge in [0.05, 0.1) is 0 Å². The molecule has 1 aromatic carbocycles. The Labute approximate surface area is 161 Å². The SMILES string of the molecule is C[C@H]1CCCC[C@]12NC(=O)N(CC(=O)OCC(=O)Nc1cccc(F)c1)C2=O. The second-order valence-electron chi connectivity index (χ2n) is 7.16. The van der Waals surface area contributed by atoms with Crippen molar-refractivity contribution >= 4 is 29.5 Å². The molecule has 150 valence electrons. The highest BCUT2D eigenvalue weighted by atomic mass is 19.1. The van der Waals surface area contributed by atoms with Crippen molar-refractivity contribution < 1.29 is 28.3 Å². The maximum Gasteiger partial charge on any atom is 0.326 e. The van der Waals surface area contributed by atoms with Crippen LogP contribution in [0, 0.1) is 11.7 Å². The molecule has 0 unspecified atom stereocenters. The molecule has 1 heterocycles. The lowest BCUT2D eigenvalue weighted by Crippen LogP contribution is -2.54. The average molecular weight is 391 g/mol. The van der Waals surface area contributed by atoms with E-state index < -0.39 is 48.3 Å². The van der Waals surface area contributed by atoms with Crippen LogP contribution in [0.3, 0.4) is 0 Å². The number of nitrogens with zero attached hydrogens (tertiary/aromatic N) is 1. The van der Waals surface area contributed by atoms with E-state index in [2.05, 4.69) is 10.6 Å². The van der Waals surface area contributed by atoms with Crippen LogP contribution in [0.15, 0.2) is 24.3 Å². The van der Waals surface area contributed by atoms with Crippen molar-refractivity contribution in [1.29, 1.82) is 0 Å². The molecule has 8 nitrogen and oxygen atoms in total. The number of hydrogen-bond donors (Lipinski definition) is 2. The van der Waals surface area contributed by atoms with Crippen molar-refractivity contribution in [3.63, 3.8) is 0 Å². The lowest BCUT2D eigenvalue weighted by Gasteiger charge is -2.36. The van der Waals surface area contributed by atoms with Gasteiger partial charge in [-0.2, -0.15) is 0 Å². The van der Waals surface area contributed by atoms with E-state index in [9.17, 15) is 23.6 Å². The maximum atomic E-state index is 13.1. The van der Waals surface area contributed by atoms with Crippen molar-refractivity contribution in [2.45, 2.75) is 38.1 Å². The first-order valence-electron chi connectivity index (χ1n) is 9.17. The molecule has 2 aliphatic rings. The highest BCUT2D eigenvalue weighted by molar-refractivity contribution is 6.09. The van der Waals surface area contributed by atoms with Crippen molar-refractivity contribution in [3.05, 3.63) is 30.1 Å². The van der Waals surface area contributed by atoms with Crippen LogP contribution in [0.5, 0.6) is 0 Å². The number of rotatable bonds is 5. The summed E-state index contributed by atoms with van der Waals surface area (Å²) in [4.78, 5) is 49.7. The van der Waals surface area contributed by atoms with Gasteiger partial charge in [0.1, 0.15) is 17.9 Å². The predicted molar refractivity (Wildman–Crippen MR) is 96.6 cm³/mol. The van der Waals surface area contributed by atoms with Crippen molar-refractivity contribution in [2.75, 3.05) is 18.5 Å². The lowest BCUT2D eigenvalue weighted by molar-refractivity contribution is -0.150. The summed E-state index contributed by atoms with van der Waals surface area (Å²) in [6.07, 6.45) is 3.19. The smallest absolute Gasteiger partial charge is 0.326 e. The fourth-order valence-corrected chi connectivity index (χ4v) is 3.72. The van der Waals surface area contributed by atoms with Crippen LogP contribution in [0.25, 0.3) is 0 Å². The number of nitrogens with one attached hydrogen (secondary N) is 2. The van der Waals surface area contributed by atoms with Gasteiger partial charge in [-0.3, -0.25) is 19.3 Å². The third kappa shape index (κ3) is 3.97. The first-order chi connectivity index (χ1) is 13.3. The van der Waals surface area contributed by atoms with E-state index >= 15 is 0 Å². The summed E-state index contributed by atoms with van der Waals surface area (Å²) in [5, 5.41) is 5.13. The molecule has 2 fully saturated rings. The molecule has 1 aliphatic heterocycles. The zero-order valence-corrected chi connectivity index (χ0v) is 15.5. The quantitative estimate of drug-likeness (QED) is 0.588. The number of amides is 4. The average Bonchev–Trinajstić information content (AvgIpc) is 2.88. The molecule has 1 spiro atoms. The summed E-state index contributed by atoms with van der Waals surface area (Å²) in [7, 11) is 0. The fraction of sp³-hybridized carbons (Fsp3) is 0.474. The molecule has 9 heteroatoms. The number of esters is 1. The van der Waals surface area contributed by atoms with Gasteiger partial charge in [-0.1, -0.05) is 25.8 Å². The summed E-state index contributed by atoms with van der Waals surface area (Å²) in [6.45, 7) is 0.739. The number of imide groups is 1. The van der Waals surface area contributed by atoms with E-state index in [1.807, 2.05) is 6.92 Å². The third-order valence-electron chi connectivity index (χ3n) is 5.26. The molecule has 2 N–H and O–H groups in total. The summed E-state index contributed by atoms with van der Waals surface area (Å²) >= 11 is 0. The Hall–Kier alpha value is -2.97. The molecular formula is C19H22FN3O5. The van der Waals surface area contributed by atoms with Crippen LogP contribution < -0.4 is 10.6 Å². The number of urea groups is 1. The minimum atomic E-state index is -0.954. The van der Waals surface area contributed by atoms with Crippen LogP contribution >= 0.6 is 0 Å². The lowest BCUT2D eigenvalue weighted by atomic mass is 9.73. The summed E-state index contributed by atoms with van der Waals surface area (Å²) < 4.78 is 17.9. The molecule has 1 saturated heterocycles. The standard InChI is InChI=1S/C19H22FN3O5/c1-12-5-2-3-8-19(12)17(26)23(18(27)22-19)10-16(25)28-11-15(24)21-14-7-4-6-13(20)9-14/h4,6-7,9,12H,2-3,5,8,10-11H2,1H3,(H,21,24)(H,22,27)/t12-,19-/m0/s1. The van der Waals surface area contributed by atoms with Crippen LogP contribution in [0.4, 0.5) is 14.9 Å². The zero-order valence-electron chi connectivity index (χ0n) is 15.5. The Morgan fingerprint density at radius 3 is 2.86 bits per heavy atom. The number of carbonyl (C=O) groups excluding carboxylic acids is 4. The number of benzene rings is 1. The summed E-state index contributed by atoms with van der Waals surface area (Å²) in [6, 6.07) is 4.64. The van der Waals surface area contributed by atoms with Crippen LogP contribution in [-0.2, 0) is 19.1 Å². The zero-order chi connectivity index (χ0) is 20.3. The second kappa shape index (κ2) is 7.95. The van der Waals surface area contributed by atoms with E-state index in [1.54, 1.807) is 0 Å². The second-order valence-corrected chi connectivity index (χ2v) is 7.16. The highest BCUT2D eigenvalue weighted by Gasteiger charge is 2.55. The van der Waals surface area contributed by atoms with E-state index in [0.717, 1.165) is 30.2 Å². The molecule has 4 amide bonds. The van der Waals surface area contributed by atoms with Crippen molar-refractivity contribution in [3.8, 4) is 0 Å². The first kappa shape index (κ1) is 19.8. The van der Waals surface area contributed by atoms with Gasteiger partial charge in [-0.25, -0.2) is 9.18 Å². The molecule has 0 aromatic heterocycles. The number of anilines is 1. The Morgan fingerprint density at radius 2 is 2.14 bits per heavy atom. The monoisotopic (exact) mass is 391 g/mol. The molecule has 0 bridgehead atoms. The van der Waals surface area contributed by atoms with Gasteiger partial charge in [-0.05, 0) is 37.0 Å². The van der Waals surface area contributed by atoms with Gasteiger partial charge in [0.15, 0.2) is 6.61 Å². The van der Waals surface area contributed by atoms with Gasteiger partial charge >= 0.3 is 12.0 Å². The summed E-state index contributed by atoms with van der Waals surface area (Å²) in [5.74, 6) is -2.49. The van der Waals surface area contributed by atoms with Gasteiger partial charge in [0.2, 0.25) is 0 Å². The molecule has 2 atom stereocenters. The van der Waals surface area contributed by atoms with Gasteiger partial charge in [-0.15, -0.1) is 0 Å². The van der Waals surface area contributed by atoms with E-state index in [0.29, 0.717) is 6.42 Å².